The second-order valence-electron chi connectivity index (χ2n) is 5.41. The van der Waals surface area contributed by atoms with Gasteiger partial charge in [0.25, 0.3) is 0 Å². The normalized spacial score (nSPS) is 33.8. The maximum Gasteiger partial charge on any atom is 0.393 e. The highest BCUT2D eigenvalue weighted by atomic mass is 19.4. The average Bonchev–Trinajstić information content (AvgIpc) is 2.73. The van der Waals surface area contributed by atoms with Crippen LogP contribution in [-0.2, 0) is 4.79 Å². The van der Waals surface area contributed by atoms with E-state index >= 15 is 0 Å². The summed E-state index contributed by atoms with van der Waals surface area (Å²) in [5, 5.41) is 3.11. The minimum atomic E-state index is -4.18. The predicted octanol–water partition coefficient (Wildman–Crippen LogP) is 1.64. The maximum absolute atomic E-state index is 12.7. The zero-order valence-electron chi connectivity index (χ0n) is 10.5. The van der Waals surface area contributed by atoms with Crippen molar-refractivity contribution in [3.63, 3.8) is 0 Å². The molecule has 1 amide bonds. The molecule has 2 rings (SSSR count). The zero-order valence-corrected chi connectivity index (χ0v) is 10.5. The molecule has 0 spiro atoms. The Morgan fingerprint density at radius 1 is 1.33 bits per heavy atom. The summed E-state index contributed by atoms with van der Waals surface area (Å²) >= 11 is 0. The van der Waals surface area contributed by atoms with Gasteiger partial charge in [-0.2, -0.15) is 13.2 Å². The molecule has 0 aliphatic carbocycles. The molecule has 1 N–H and O–H groups in total. The van der Waals surface area contributed by atoms with Gasteiger partial charge in [-0.15, -0.1) is 0 Å². The fraction of sp³-hybridized carbons (Fsp3) is 0.917. The minimum Gasteiger partial charge on any atom is -0.342 e. The van der Waals surface area contributed by atoms with Crippen LogP contribution in [0.2, 0.25) is 0 Å². The van der Waals surface area contributed by atoms with Gasteiger partial charge in [-0.3, -0.25) is 4.79 Å². The molecule has 6 heteroatoms. The van der Waals surface area contributed by atoms with Gasteiger partial charge in [0.1, 0.15) is 0 Å². The Hall–Kier alpha value is -0.780. The molecule has 2 aliphatic heterocycles. The lowest BCUT2D eigenvalue weighted by Crippen LogP contribution is -2.47. The van der Waals surface area contributed by atoms with E-state index in [1.54, 1.807) is 0 Å². The third kappa shape index (κ3) is 2.79. The van der Waals surface area contributed by atoms with Crippen molar-refractivity contribution >= 4 is 5.91 Å². The van der Waals surface area contributed by atoms with E-state index in [-0.39, 0.29) is 30.7 Å². The molecular formula is C12H19F3N2O. The van der Waals surface area contributed by atoms with Crippen molar-refractivity contribution in [3.8, 4) is 0 Å². The second-order valence-corrected chi connectivity index (χ2v) is 5.41. The molecular weight excluding hydrogens is 245 g/mol. The summed E-state index contributed by atoms with van der Waals surface area (Å²) in [6.45, 7) is 3.63. The molecule has 104 valence electrons. The van der Waals surface area contributed by atoms with Gasteiger partial charge in [-0.05, 0) is 25.3 Å². The van der Waals surface area contributed by atoms with Crippen molar-refractivity contribution in [2.75, 3.05) is 26.2 Å². The monoisotopic (exact) mass is 264 g/mol. The first kappa shape index (κ1) is 13.6. The van der Waals surface area contributed by atoms with Crippen molar-refractivity contribution < 1.29 is 18.0 Å². The molecule has 2 saturated heterocycles. The lowest BCUT2D eigenvalue weighted by molar-refractivity contribution is -0.188. The van der Waals surface area contributed by atoms with E-state index in [0.29, 0.717) is 19.5 Å². The van der Waals surface area contributed by atoms with Gasteiger partial charge in [0, 0.05) is 19.6 Å². The zero-order chi connectivity index (χ0) is 13.3. The van der Waals surface area contributed by atoms with Gasteiger partial charge >= 0.3 is 6.18 Å². The number of nitrogens with one attached hydrogen (secondary N) is 1. The second kappa shape index (κ2) is 5.07. The standard InChI is InChI=1S/C12H19F3N2O/c1-8-5-16-6-10(8)11(18)17-4-2-3-9(7-17)12(13,14)15/h8-10,16H,2-7H2,1H3/t8-,9?,10-/m1/s1. The summed E-state index contributed by atoms with van der Waals surface area (Å²) in [7, 11) is 0. The largest absolute Gasteiger partial charge is 0.393 e. The van der Waals surface area contributed by atoms with E-state index in [1.807, 2.05) is 6.92 Å². The van der Waals surface area contributed by atoms with Crippen molar-refractivity contribution in [1.29, 1.82) is 0 Å². The number of carbonyl (C=O) groups excluding carboxylic acids is 1. The van der Waals surface area contributed by atoms with Crippen LogP contribution in [0, 0.1) is 17.8 Å². The first-order chi connectivity index (χ1) is 8.39. The highest BCUT2D eigenvalue weighted by Gasteiger charge is 2.44. The first-order valence-electron chi connectivity index (χ1n) is 6.46. The number of amides is 1. The van der Waals surface area contributed by atoms with Crippen molar-refractivity contribution in [1.82, 2.24) is 10.2 Å². The Morgan fingerprint density at radius 3 is 2.61 bits per heavy atom. The van der Waals surface area contributed by atoms with Crippen molar-refractivity contribution in [2.24, 2.45) is 17.8 Å². The molecule has 3 atom stereocenters. The van der Waals surface area contributed by atoms with Crippen LogP contribution in [0.15, 0.2) is 0 Å². The quantitative estimate of drug-likeness (QED) is 0.781. The third-order valence-corrected chi connectivity index (χ3v) is 4.03. The number of halogens is 3. The molecule has 2 fully saturated rings. The molecule has 3 nitrogen and oxygen atoms in total. The van der Waals surface area contributed by atoms with E-state index < -0.39 is 12.1 Å². The summed E-state index contributed by atoms with van der Waals surface area (Å²) in [5.74, 6) is -1.40. The van der Waals surface area contributed by atoms with E-state index in [2.05, 4.69) is 5.32 Å². The Labute approximate surface area is 105 Å². The number of rotatable bonds is 1. The van der Waals surface area contributed by atoms with Crippen LogP contribution in [-0.4, -0.2) is 43.2 Å². The molecule has 0 saturated carbocycles. The lowest BCUT2D eigenvalue weighted by Gasteiger charge is -2.35. The first-order valence-corrected chi connectivity index (χ1v) is 6.46. The summed E-state index contributed by atoms with van der Waals surface area (Å²) in [5.41, 5.74) is 0. The SMILES string of the molecule is C[C@@H]1CNC[C@H]1C(=O)N1CCCC(C(F)(F)F)C1. The Kier molecular flexibility index (Phi) is 3.84. The smallest absolute Gasteiger partial charge is 0.342 e. The van der Waals surface area contributed by atoms with Gasteiger partial charge in [0.15, 0.2) is 0 Å². The van der Waals surface area contributed by atoms with Crippen LogP contribution >= 0.6 is 0 Å². The Balaban J connectivity index is 1.98. The van der Waals surface area contributed by atoms with Crippen LogP contribution in [0.4, 0.5) is 13.2 Å². The number of nitrogens with zero attached hydrogens (tertiary/aromatic N) is 1. The number of carbonyl (C=O) groups is 1. The summed E-state index contributed by atoms with van der Waals surface area (Å²) in [6.07, 6.45) is -3.59. The van der Waals surface area contributed by atoms with Gasteiger partial charge in [0.05, 0.1) is 11.8 Å². The number of alkyl halides is 3. The van der Waals surface area contributed by atoms with Crippen molar-refractivity contribution in [2.45, 2.75) is 25.9 Å². The summed E-state index contributed by atoms with van der Waals surface area (Å²) < 4.78 is 38.0. The minimum absolute atomic E-state index is 0.110. The number of hydrogen-bond acceptors (Lipinski definition) is 2. The molecule has 2 heterocycles. The molecule has 2 aliphatic rings. The molecule has 0 radical (unpaired) electrons. The average molecular weight is 264 g/mol. The van der Waals surface area contributed by atoms with Crippen molar-refractivity contribution in [3.05, 3.63) is 0 Å². The number of hydrogen-bond donors (Lipinski definition) is 1. The molecule has 18 heavy (non-hydrogen) atoms. The van der Waals surface area contributed by atoms with Gasteiger partial charge < -0.3 is 10.2 Å². The maximum atomic E-state index is 12.7. The number of piperidine rings is 1. The van der Waals surface area contributed by atoms with Crippen LogP contribution in [0.25, 0.3) is 0 Å². The lowest BCUT2D eigenvalue weighted by atomic mass is 9.92. The summed E-state index contributed by atoms with van der Waals surface area (Å²) in [6, 6.07) is 0. The van der Waals surface area contributed by atoms with Gasteiger partial charge in [-0.25, -0.2) is 0 Å². The Bertz CT molecular complexity index is 319. The topological polar surface area (TPSA) is 32.3 Å². The van der Waals surface area contributed by atoms with Crippen LogP contribution in [0.5, 0.6) is 0 Å². The summed E-state index contributed by atoms with van der Waals surface area (Å²) in [4.78, 5) is 13.6. The van der Waals surface area contributed by atoms with Crippen LogP contribution in [0.1, 0.15) is 19.8 Å². The fourth-order valence-electron chi connectivity index (χ4n) is 2.82. The van der Waals surface area contributed by atoms with Gasteiger partial charge in [0.2, 0.25) is 5.91 Å². The van der Waals surface area contributed by atoms with Crippen LogP contribution < -0.4 is 5.32 Å². The third-order valence-electron chi connectivity index (χ3n) is 4.03. The molecule has 1 unspecified atom stereocenters. The molecule has 0 aromatic carbocycles. The highest BCUT2D eigenvalue weighted by molar-refractivity contribution is 5.79. The molecule has 0 aromatic heterocycles. The van der Waals surface area contributed by atoms with E-state index in [4.69, 9.17) is 0 Å². The van der Waals surface area contributed by atoms with Crippen LogP contribution in [0.3, 0.4) is 0 Å². The molecule has 0 aromatic rings. The van der Waals surface area contributed by atoms with E-state index in [0.717, 1.165) is 6.54 Å². The van der Waals surface area contributed by atoms with E-state index in [9.17, 15) is 18.0 Å². The van der Waals surface area contributed by atoms with Gasteiger partial charge in [-0.1, -0.05) is 6.92 Å². The highest BCUT2D eigenvalue weighted by Crippen LogP contribution is 2.34. The number of likely N-dealkylation sites (tertiary alicyclic amines) is 1. The van der Waals surface area contributed by atoms with E-state index in [1.165, 1.54) is 4.90 Å². The predicted molar refractivity (Wildman–Crippen MR) is 60.9 cm³/mol. The molecule has 0 bridgehead atoms. The Morgan fingerprint density at radius 2 is 2.06 bits per heavy atom. The fourth-order valence-corrected chi connectivity index (χ4v) is 2.82.